The number of nitrogens with two attached hydrogens (primary N) is 1. The molecule has 2 unspecified atom stereocenters. The van der Waals surface area contributed by atoms with E-state index in [0.29, 0.717) is 36.9 Å². The van der Waals surface area contributed by atoms with Crippen LogP contribution < -0.4 is 10.5 Å². The summed E-state index contributed by atoms with van der Waals surface area (Å²) in [6, 6.07) is 15.4. The van der Waals surface area contributed by atoms with Gasteiger partial charge >= 0.3 is 0 Å². The second kappa shape index (κ2) is 11.0. The van der Waals surface area contributed by atoms with E-state index < -0.39 is 12.2 Å². The molecule has 0 radical (unpaired) electrons. The molecular formula is C26H33N3O5. The van der Waals surface area contributed by atoms with Gasteiger partial charge in [0.15, 0.2) is 0 Å². The summed E-state index contributed by atoms with van der Waals surface area (Å²) in [4.78, 5) is 28.6. The molecule has 2 heterocycles. The van der Waals surface area contributed by atoms with E-state index in [9.17, 15) is 19.8 Å². The van der Waals surface area contributed by atoms with E-state index in [1.165, 1.54) is 10.5 Å². The fraction of sp³-hybridized carbons (Fsp3) is 0.462. The molecular weight excluding hydrogens is 434 g/mol. The van der Waals surface area contributed by atoms with Crippen molar-refractivity contribution in [2.75, 3.05) is 32.8 Å². The lowest BCUT2D eigenvalue weighted by Crippen LogP contribution is -2.37. The molecule has 2 fully saturated rings. The highest BCUT2D eigenvalue weighted by molar-refractivity contribution is 5.94. The highest BCUT2D eigenvalue weighted by atomic mass is 16.5. The zero-order valence-corrected chi connectivity index (χ0v) is 19.3. The van der Waals surface area contributed by atoms with Crippen molar-refractivity contribution in [3.05, 3.63) is 65.2 Å². The van der Waals surface area contributed by atoms with E-state index >= 15 is 0 Å². The van der Waals surface area contributed by atoms with Crippen molar-refractivity contribution >= 4 is 11.8 Å². The Morgan fingerprint density at radius 1 is 0.971 bits per heavy atom. The van der Waals surface area contributed by atoms with Gasteiger partial charge in [0.05, 0.1) is 25.2 Å². The van der Waals surface area contributed by atoms with Crippen LogP contribution >= 0.6 is 0 Å². The molecule has 8 heteroatoms. The Labute approximate surface area is 199 Å². The van der Waals surface area contributed by atoms with E-state index in [2.05, 4.69) is 12.1 Å². The van der Waals surface area contributed by atoms with Gasteiger partial charge in [-0.25, -0.2) is 0 Å². The predicted molar refractivity (Wildman–Crippen MR) is 127 cm³/mol. The number of likely N-dealkylation sites (tertiary alicyclic amines) is 2. The molecule has 0 saturated carbocycles. The van der Waals surface area contributed by atoms with Gasteiger partial charge in [-0.3, -0.25) is 9.59 Å². The molecule has 0 aliphatic carbocycles. The Balaban J connectivity index is 1.27. The number of rotatable bonds is 7. The molecule has 2 saturated heterocycles. The Morgan fingerprint density at radius 3 is 2.38 bits per heavy atom. The van der Waals surface area contributed by atoms with E-state index in [1.807, 2.05) is 17.0 Å². The summed E-state index contributed by atoms with van der Waals surface area (Å²) in [5, 5.41) is 19.2. The summed E-state index contributed by atoms with van der Waals surface area (Å²) in [5.74, 6) is 0.771. The first-order chi connectivity index (χ1) is 16.4. The third-order valence-corrected chi connectivity index (χ3v) is 6.72. The summed E-state index contributed by atoms with van der Waals surface area (Å²) >= 11 is 0. The van der Waals surface area contributed by atoms with Crippen LogP contribution in [0.25, 0.3) is 0 Å². The van der Waals surface area contributed by atoms with E-state index in [0.717, 1.165) is 18.4 Å². The van der Waals surface area contributed by atoms with Crippen molar-refractivity contribution in [2.45, 2.75) is 43.9 Å². The first-order valence-corrected chi connectivity index (χ1v) is 11.9. The Hall–Kier alpha value is -2.94. The lowest BCUT2D eigenvalue weighted by Gasteiger charge is -2.32. The lowest BCUT2D eigenvalue weighted by atomic mass is 9.88. The summed E-state index contributed by atoms with van der Waals surface area (Å²) in [6.45, 7) is 2.36. The predicted octanol–water partition coefficient (Wildman–Crippen LogP) is 1.50. The molecule has 4 rings (SSSR count). The van der Waals surface area contributed by atoms with Crippen LogP contribution in [0.2, 0.25) is 0 Å². The maximum absolute atomic E-state index is 13.1. The number of ether oxygens (including phenoxy) is 1. The van der Waals surface area contributed by atoms with Gasteiger partial charge in [0.1, 0.15) is 5.75 Å². The number of carbonyl (C=O) groups is 2. The highest BCUT2D eigenvalue weighted by Crippen LogP contribution is 2.29. The fourth-order valence-corrected chi connectivity index (χ4v) is 4.68. The van der Waals surface area contributed by atoms with Crippen molar-refractivity contribution in [2.24, 2.45) is 5.73 Å². The zero-order valence-electron chi connectivity index (χ0n) is 19.3. The van der Waals surface area contributed by atoms with Gasteiger partial charge in [-0.2, -0.15) is 0 Å². The first kappa shape index (κ1) is 24.2. The molecule has 2 aliphatic heterocycles. The average Bonchev–Trinajstić information content (AvgIpc) is 3.22. The average molecular weight is 468 g/mol. The fourth-order valence-electron chi connectivity index (χ4n) is 4.68. The first-order valence-electron chi connectivity index (χ1n) is 11.9. The minimum Gasteiger partial charge on any atom is -0.493 e. The quantitative estimate of drug-likeness (QED) is 0.568. The minimum atomic E-state index is -0.895. The molecule has 2 amide bonds. The molecule has 4 N–H and O–H groups in total. The molecule has 0 aromatic heterocycles. The van der Waals surface area contributed by atoms with Crippen molar-refractivity contribution in [1.29, 1.82) is 0 Å². The molecule has 2 aromatic carbocycles. The third-order valence-electron chi connectivity index (χ3n) is 6.72. The standard InChI is InChI=1S/C26H33N3O5/c27-15-18-3-1-4-20(13-18)19-7-10-28(11-8-19)26(33)21-5-2-6-22(14-21)34-12-9-25(32)29-16-23(30)24(31)17-29/h1-6,13-14,19,23-24,30-31H,7-12,15-17,27H2. The van der Waals surface area contributed by atoms with Crippen molar-refractivity contribution < 1.29 is 24.5 Å². The SMILES string of the molecule is NCc1cccc(C2CCN(C(=O)c3cccc(OCCC(=O)N4CC(O)C(O)C4)c3)CC2)c1. The molecule has 2 atom stereocenters. The Bertz CT molecular complexity index is 995. The van der Waals surface area contributed by atoms with Crippen LogP contribution in [-0.2, 0) is 11.3 Å². The smallest absolute Gasteiger partial charge is 0.253 e. The van der Waals surface area contributed by atoms with Crippen molar-refractivity contribution in [3.63, 3.8) is 0 Å². The number of nitrogens with zero attached hydrogens (tertiary/aromatic N) is 2. The monoisotopic (exact) mass is 467 g/mol. The minimum absolute atomic E-state index is 0.0178. The van der Waals surface area contributed by atoms with Gasteiger partial charge in [0.2, 0.25) is 5.91 Å². The van der Waals surface area contributed by atoms with Gasteiger partial charge in [0.25, 0.3) is 5.91 Å². The second-order valence-electron chi connectivity index (χ2n) is 9.08. The molecule has 2 aromatic rings. The molecule has 0 bridgehead atoms. The van der Waals surface area contributed by atoms with Crippen LogP contribution in [-0.4, -0.2) is 76.8 Å². The van der Waals surface area contributed by atoms with Crippen LogP contribution in [0, 0.1) is 0 Å². The Kier molecular flexibility index (Phi) is 7.82. The molecule has 34 heavy (non-hydrogen) atoms. The summed E-state index contributed by atoms with van der Waals surface area (Å²) in [6.07, 6.45) is 0.175. The third kappa shape index (κ3) is 5.75. The number of piperidine rings is 1. The number of hydrogen-bond donors (Lipinski definition) is 3. The number of benzene rings is 2. The number of amides is 2. The number of hydrogen-bond acceptors (Lipinski definition) is 6. The maximum Gasteiger partial charge on any atom is 0.253 e. The van der Waals surface area contributed by atoms with E-state index in [-0.39, 0.29) is 37.9 Å². The molecule has 2 aliphatic rings. The molecule has 0 spiro atoms. The lowest BCUT2D eigenvalue weighted by molar-refractivity contribution is -0.131. The van der Waals surface area contributed by atoms with Crippen LogP contribution in [0.1, 0.15) is 46.7 Å². The topological polar surface area (TPSA) is 116 Å². The summed E-state index contributed by atoms with van der Waals surface area (Å²) in [7, 11) is 0. The van der Waals surface area contributed by atoms with Gasteiger partial charge in [-0.1, -0.05) is 30.3 Å². The second-order valence-corrected chi connectivity index (χ2v) is 9.08. The normalized spacial score (nSPS) is 21.0. The summed E-state index contributed by atoms with van der Waals surface area (Å²) in [5.41, 5.74) is 8.76. The van der Waals surface area contributed by atoms with Gasteiger partial charge in [0, 0.05) is 38.3 Å². The van der Waals surface area contributed by atoms with Crippen LogP contribution in [0.4, 0.5) is 0 Å². The van der Waals surface area contributed by atoms with Gasteiger partial charge < -0.3 is 30.5 Å². The van der Waals surface area contributed by atoms with Crippen molar-refractivity contribution in [3.8, 4) is 5.75 Å². The number of β-amino-alcohol motifs (C(OH)–C–C–N with tert-alkyl or cyclic N) is 2. The number of carbonyl (C=O) groups excluding carboxylic acids is 2. The van der Waals surface area contributed by atoms with Gasteiger partial charge in [-0.05, 0) is 48.1 Å². The van der Waals surface area contributed by atoms with Crippen LogP contribution in [0.5, 0.6) is 5.75 Å². The maximum atomic E-state index is 13.1. The summed E-state index contributed by atoms with van der Waals surface area (Å²) < 4.78 is 5.71. The molecule has 182 valence electrons. The molecule has 8 nitrogen and oxygen atoms in total. The van der Waals surface area contributed by atoms with Crippen molar-refractivity contribution in [1.82, 2.24) is 9.80 Å². The van der Waals surface area contributed by atoms with E-state index in [1.54, 1.807) is 24.3 Å². The van der Waals surface area contributed by atoms with Crippen LogP contribution in [0.15, 0.2) is 48.5 Å². The zero-order chi connectivity index (χ0) is 24.1. The van der Waals surface area contributed by atoms with E-state index in [4.69, 9.17) is 10.5 Å². The Morgan fingerprint density at radius 2 is 1.68 bits per heavy atom. The number of aliphatic hydroxyl groups excluding tert-OH is 2. The highest BCUT2D eigenvalue weighted by Gasteiger charge is 2.32. The largest absolute Gasteiger partial charge is 0.493 e. The number of aliphatic hydroxyl groups is 2. The van der Waals surface area contributed by atoms with Gasteiger partial charge in [-0.15, -0.1) is 0 Å². The van der Waals surface area contributed by atoms with Crippen LogP contribution in [0.3, 0.4) is 0 Å².